The standard InChI is InChI=1S/C12H15F3N2O3S/c1-2-9-3-5-10(6-4-9)21(19,20)17-8-7-16-11(18)12(13,14)15/h3-6,17H,2,7-8H2,1H3,(H,16,18). The van der Waals surface area contributed by atoms with Crippen molar-refractivity contribution in [3.8, 4) is 0 Å². The number of alkyl halides is 3. The number of benzene rings is 1. The summed E-state index contributed by atoms with van der Waals surface area (Å²) in [7, 11) is -3.80. The molecule has 1 rings (SSSR count). The molecule has 0 aliphatic rings. The topological polar surface area (TPSA) is 75.3 Å². The van der Waals surface area contributed by atoms with E-state index in [0.29, 0.717) is 0 Å². The van der Waals surface area contributed by atoms with Gasteiger partial charge in [0, 0.05) is 13.1 Å². The van der Waals surface area contributed by atoms with E-state index in [4.69, 9.17) is 0 Å². The number of nitrogens with one attached hydrogen (secondary N) is 2. The molecule has 118 valence electrons. The minimum Gasteiger partial charge on any atom is -0.347 e. The number of carbonyl (C=O) groups excluding carboxylic acids is 1. The zero-order valence-electron chi connectivity index (χ0n) is 11.2. The second-order valence-electron chi connectivity index (χ2n) is 4.15. The Hall–Kier alpha value is -1.61. The monoisotopic (exact) mass is 324 g/mol. The fourth-order valence-electron chi connectivity index (χ4n) is 1.45. The van der Waals surface area contributed by atoms with Gasteiger partial charge in [-0.25, -0.2) is 13.1 Å². The third-order valence-electron chi connectivity index (χ3n) is 2.60. The molecule has 1 aromatic carbocycles. The number of carbonyl (C=O) groups is 1. The van der Waals surface area contributed by atoms with E-state index in [0.717, 1.165) is 12.0 Å². The van der Waals surface area contributed by atoms with Crippen molar-refractivity contribution in [2.45, 2.75) is 24.4 Å². The molecule has 0 aliphatic carbocycles. The molecule has 5 nitrogen and oxygen atoms in total. The van der Waals surface area contributed by atoms with E-state index in [2.05, 4.69) is 4.72 Å². The molecule has 1 amide bonds. The second kappa shape index (κ2) is 6.90. The summed E-state index contributed by atoms with van der Waals surface area (Å²) >= 11 is 0. The van der Waals surface area contributed by atoms with Crippen LogP contribution in [0.1, 0.15) is 12.5 Å². The van der Waals surface area contributed by atoms with E-state index in [9.17, 15) is 26.4 Å². The second-order valence-corrected chi connectivity index (χ2v) is 5.92. The number of aryl methyl sites for hydroxylation is 1. The first-order chi connectivity index (χ1) is 9.66. The Morgan fingerprint density at radius 1 is 1.14 bits per heavy atom. The average molecular weight is 324 g/mol. The van der Waals surface area contributed by atoms with E-state index in [1.165, 1.54) is 12.1 Å². The Bertz CT molecular complexity index is 583. The van der Waals surface area contributed by atoms with Crippen LogP contribution in [0.5, 0.6) is 0 Å². The SMILES string of the molecule is CCc1ccc(S(=O)(=O)NCCNC(=O)C(F)(F)F)cc1. The van der Waals surface area contributed by atoms with E-state index in [1.807, 2.05) is 6.92 Å². The highest BCUT2D eigenvalue weighted by molar-refractivity contribution is 7.89. The lowest BCUT2D eigenvalue weighted by molar-refractivity contribution is -0.173. The summed E-state index contributed by atoms with van der Waals surface area (Å²) in [5, 5.41) is 1.57. The average Bonchev–Trinajstić information content (AvgIpc) is 2.42. The fourth-order valence-corrected chi connectivity index (χ4v) is 2.48. The zero-order chi connectivity index (χ0) is 16.1. The first-order valence-electron chi connectivity index (χ1n) is 6.10. The molecular weight excluding hydrogens is 309 g/mol. The van der Waals surface area contributed by atoms with Crippen LogP contribution in [-0.2, 0) is 21.2 Å². The molecule has 21 heavy (non-hydrogen) atoms. The van der Waals surface area contributed by atoms with Crippen molar-refractivity contribution in [2.75, 3.05) is 13.1 Å². The number of rotatable bonds is 6. The van der Waals surface area contributed by atoms with Gasteiger partial charge in [-0.3, -0.25) is 4.79 Å². The zero-order valence-corrected chi connectivity index (χ0v) is 12.0. The molecule has 0 unspecified atom stereocenters. The fraction of sp³-hybridized carbons (Fsp3) is 0.417. The number of amides is 1. The van der Waals surface area contributed by atoms with Gasteiger partial charge in [0.1, 0.15) is 0 Å². The van der Waals surface area contributed by atoms with Crippen molar-refractivity contribution in [3.05, 3.63) is 29.8 Å². The molecule has 0 fully saturated rings. The van der Waals surface area contributed by atoms with Gasteiger partial charge in [0.15, 0.2) is 0 Å². The molecule has 0 atom stereocenters. The highest BCUT2D eigenvalue weighted by Gasteiger charge is 2.38. The van der Waals surface area contributed by atoms with Crippen LogP contribution >= 0.6 is 0 Å². The lowest BCUT2D eigenvalue weighted by Gasteiger charge is -2.09. The molecular formula is C12H15F3N2O3S. The summed E-state index contributed by atoms with van der Waals surface area (Å²) in [6.45, 7) is 1.13. The quantitative estimate of drug-likeness (QED) is 0.772. The molecule has 0 saturated carbocycles. The van der Waals surface area contributed by atoms with Gasteiger partial charge in [-0.15, -0.1) is 0 Å². The molecule has 0 heterocycles. The van der Waals surface area contributed by atoms with Crippen molar-refractivity contribution in [3.63, 3.8) is 0 Å². The summed E-state index contributed by atoms with van der Waals surface area (Å²) in [6.07, 6.45) is -4.22. The van der Waals surface area contributed by atoms with Gasteiger partial charge >= 0.3 is 12.1 Å². The summed E-state index contributed by atoms with van der Waals surface area (Å²) in [4.78, 5) is 10.5. The minimum atomic E-state index is -4.98. The predicted octanol–water partition coefficient (Wildman–Crippen LogP) is 1.21. The Morgan fingerprint density at radius 2 is 1.71 bits per heavy atom. The third-order valence-corrected chi connectivity index (χ3v) is 4.08. The van der Waals surface area contributed by atoms with Crippen molar-refractivity contribution < 1.29 is 26.4 Å². The van der Waals surface area contributed by atoms with Gasteiger partial charge in [0.25, 0.3) is 0 Å². The molecule has 9 heteroatoms. The van der Waals surface area contributed by atoms with Crippen LogP contribution in [0.15, 0.2) is 29.2 Å². The number of hydrogen-bond donors (Lipinski definition) is 2. The van der Waals surface area contributed by atoms with Crippen LogP contribution in [0.25, 0.3) is 0 Å². The van der Waals surface area contributed by atoms with Crippen molar-refractivity contribution in [1.82, 2.24) is 10.0 Å². The van der Waals surface area contributed by atoms with E-state index < -0.39 is 28.7 Å². The maximum atomic E-state index is 11.9. The summed E-state index contributed by atoms with van der Waals surface area (Å²) < 4.78 is 61.5. The summed E-state index contributed by atoms with van der Waals surface area (Å²) in [5.74, 6) is -2.10. The largest absolute Gasteiger partial charge is 0.471 e. The van der Waals surface area contributed by atoms with Gasteiger partial charge in [-0.05, 0) is 24.1 Å². The Morgan fingerprint density at radius 3 is 2.19 bits per heavy atom. The van der Waals surface area contributed by atoms with Crippen LogP contribution in [0, 0.1) is 0 Å². The lowest BCUT2D eigenvalue weighted by atomic mass is 10.2. The maximum Gasteiger partial charge on any atom is 0.471 e. The van der Waals surface area contributed by atoms with E-state index in [-0.39, 0.29) is 11.4 Å². The molecule has 0 saturated heterocycles. The lowest BCUT2D eigenvalue weighted by Crippen LogP contribution is -2.41. The van der Waals surface area contributed by atoms with E-state index >= 15 is 0 Å². The van der Waals surface area contributed by atoms with Crippen molar-refractivity contribution in [2.24, 2.45) is 0 Å². The number of halogens is 3. The maximum absolute atomic E-state index is 11.9. The predicted molar refractivity (Wildman–Crippen MR) is 70.1 cm³/mol. The minimum absolute atomic E-state index is 0.0156. The third kappa shape index (κ3) is 5.35. The molecule has 2 N–H and O–H groups in total. The highest BCUT2D eigenvalue weighted by Crippen LogP contribution is 2.14. The molecule has 0 aliphatic heterocycles. The van der Waals surface area contributed by atoms with Crippen molar-refractivity contribution >= 4 is 15.9 Å². The number of sulfonamides is 1. The summed E-state index contributed by atoms with van der Waals surface area (Å²) in [6, 6.07) is 6.13. The Kier molecular flexibility index (Phi) is 5.73. The molecule has 0 bridgehead atoms. The van der Waals surface area contributed by atoms with Gasteiger partial charge in [0.2, 0.25) is 10.0 Å². The van der Waals surface area contributed by atoms with Crippen LogP contribution < -0.4 is 10.0 Å². The van der Waals surface area contributed by atoms with Gasteiger partial charge in [-0.1, -0.05) is 19.1 Å². The number of hydrogen-bond acceptors (Lipinski definition) is 3. The molecule has 0 aromatic heterocycles. The van der Waals surface area contributed by atoms with Crippen molar-refractivity contribution in [1.29, 1.82) is 0 Å². The molecule has 1 aromatic rings. The van der Waals surface area contributed by atoms with Crippen LogP contribution in [0.4, 0.5) is 13.2 Å². The Labute approximate surface area is 120 Å². The highest BCUT2D eigenvalue weighted by atomic mass is 32.2. The first kappa shape index (κ1) is 17.4. The smallest absolute Gasteiger partial charge is 0.347 e. The normalized spacial score (nSPS) is 12.2. The first-order valence-corrected chi connectivity index (χ1v) is 7.58. The van der Waals surface area contributed by atoms with Gasteiger partial charge < -0.3 is 5.32 Å². The Balaban J connectivity index is 2.52. The summed E-state index contributed by atoms with van der Waals surface area (Å²) in [5.41, 5.74) is 0.964. The van der Waals surface area contributed by atoms with Crippen LogP contribution in [0.2, 0.25) is 0 Å². The molecule has 0 radical (unpaired) electrons. The van der Waals surface area contributed by atoms with Crippen LogP contribution in [-0.4, -0.2) is 33.6 Å². The van der Waals surface area contributed by atoms with Crippen LogP contribution in [0.3, 0.4) is 0 Å². The van der Waals surface area contributed by atoms with Gasteiger partial charge in [-0.2, -0.15) is 13.2 Å². The van der Waals surface area contributed by atoms with E-state index in [1.54, 1.807) is 17.4 Å². The van der Waals surface area contributed by atoms with Gasteiger partial charge in [0.05, 0.1) is 4.90 Å². The molecule has 0 spiro atoms.